The van der Waals surface area contributed by atoms with Crippen LogP contribution in [0.15, 0.2) is 25.0 Å². The Morgan fingerprint density at radius 2 is 2.33 bits per heavy atom. The van der Waals surface area contributed by atoms with Gasteiger partial charge in [0, 0.05) is 0 Å². The Morgan fingerprint density at radius 1 is 1.50 bits per heavy atom. The summed E-state index contributed by atoms with van der Waals surface area (Å²) < 4.78 is 5.05. The summed E-state index contributed by atoms with van der Waals surface area (Å²) in [5.41, 5.74) is -0.637. The zero-order chi connectivity index (χ0) is 13.3. The zero-order valence-electron chi connectivity index (χ0n) is 11.1. The van der Waals surface area contributed by atoms with E-state index in [2.05, 4.69) is 12.5 Å². The minimum Gasteiger partial charge on any atom is -0.489 e. The third-order valence-corrected chi connectivity index (χ3v) is 3.72. The third kappa shape index (κ3) is 4.58. The molecule has 1 rings (SSSR count). The fraction of sp³-hybridized carbons (Fsp3) is 0.625. The van der Waals surface area contributed by atoms with E-state index in [1.54, 1.807) is 12.3 Å². The van der Waals surface area contributed by atoms with Gasteiger partial charge in [0.25, 0.3) is 0 Å². The number of hydrogen-bond acceptors (Lipinski definition) is 2. The molecule has 0 radical (unpaired) electrons. The first kappa shape index (κ1) is 14.9. The summed E-state index contributed by atoms with van der Waals surface area (Å²) in [6.07, 6.45) is 17.8. The fourth-order valence-electron chi connectivity index (χ4n) is 2.63. The molecule has 1 saturated carbocycles. The van der Waals surface area contributed by atoms with Crippen molar-refractivity contribution in [2.24, 2.45) is 5.92 Å². The van der Waals surface area contributed by atoms with Crippen LogP contribution in [0.25, 0.3) is 0 Å². The lowest BCUT2D eigenvalue weighted by atomic mass is 9.73. The number of allylic oxidation sites excluding steroid dienone is 1. The Bertz CT molecular complexity index is 314. The number of unbranched alkanes of at least 4 members (excludes halogenated alkanes) is 1. The highest BCUT2D eigenvalue weighted by Crippen LogP contribution is 2.37. The second-order valence-electron chi connectivity index (χ2n) is 4.96. The molecule has 0 amide bonds. The van der Waals surface area contributed by atoms with Gasteiger partial charge in [-0.25, -0.2) is 0 Å². The van der Waals surface area contributed by atoms with Crippen LogP contribution in [-0.2, 0) is 4.74 Å². The lowest BCUT2D eigenvalue weighted by Crippen LogP contribution is -2.38. The maximum absolute atomic E-state index is 10.4. The third-order valence-electron chi connectivity index (χ3n) is 3.72. The van der Waals surface area contributed by atoms with Crippen molar-refractivity contribution in [3.63, 3.8) is 0 Å². The Kier molecular flexibility index (Phi) is 6.60. The van der Waals surface area contributed by atoms with Crippen LogP contribution in [0.1, 0.15) is 44.9 Å². The van der Waals surface area contributed by atoms with Gasteiger partial charge in [-0.1, -0.05) is 24.8 Å². The molecule has 2 unspecified atom stereocenters. The zero-order valence-corrected chi connectivity index (χ0v) is 11.1. The van der Waals surface area contributed by atoms with Crippen LogP contribution in [0.2, 0.25) is 0 Å². The number of ether oxygens (including phenoxy) is 1. The topological polar surface area (TPSA) is 29.5 Å². The van der Waals surface area contributed by atoms with Crippen molar-refractivity contribution in [3.8, 4) is 12.3 Å². The average molecular weight is 248 g/mol. The molecule has 0 aromatic heterocycles. The van der Waals surface area contributed by atoms with Crippen molar-refractivity contribution in [3.05, 3.63) is 25.0 Å². The molecule has 0 bridgehead atoms. The van der Waals surface area contributed by atoms with Gasteiger partial charge in [-0.15, -0.1) is 13.0 Å². The van der Waals surface area contributed by atoms with Crippen LogP contribution < -0.4 is 0 Å². The molecule has 18 heavy (non-hydrogen) atoms. The molecular weight excluding hydrogens is 224 g/mol. The minimum atomic E-state index is -0.637. The maximum atomic E-state index is 10.4. The van der Waals surface area contributed by atoms with Crippen molar-refractivity contribution in [2.45, 2.75) is 50.5 Å². The van der Waals surface area contributed by atoms with E-state index in [0.29, 0.717) is 12.5 Å². The lowest BCUT2D eigenvalue weighted by molar-refractivity contribution is -0.00867. The smallest absolute Gasteiger partial charge is 0.147 e. The molecule has 1 aliphatic carbocycles. The summed E-state index contributed by atoms with van der Waals surface area (Å²) in [6, 6.07) is 0. The number of hydrogen-bond donors (Lipinski definition) is 1. The molecule has 0 aromatic carbocycles. The Morgan fingerprint density at radius 3 is 3.06 bits per heavy atom. The van der Waals surface area contributed by atoms with Crippen LogP contribution in [-0.4, -0.2) is 17.3 Å². The molecule has 0 aromatic rings. The van der Waals surface area contributed by atoms with Crippen LogP contribution in [0.5, 0.6) is 0 Å². The van der Waals surface area contributed by atoms with Gasteiger partial charge in [-0.3, -0.25) is 0 Å². The number of rotatable bonds is 7. The molecule has 1 fully saturated rings. The Hall–Kier alpha value is -1.20. The van der Waals surface area contributed by atoms with Gasteiger partial charge >= 0.3 is 0 Å². The quantitative estimate of drug-likeness (QED) is 0.324. The first-order valence-corrected chi connectivity index (χ1v) is 6.79. The molecular formula is C16H24O2. The minimum absolute atomic E-state index is 0.329. The predicted octanol–water partition coefficient (Wildman–Crippen LogP) is 3.43. The molecule has 0 saturated heterocycles. The SMILES string of the molecule is C#CCO/C=C/CCCC1CCCCC1(O)C=C. The van der Waals surface area contributed by atoms with Crippen LogP contribution in [0.4, 0.5) is 0 Å². The summed E-state index contributed by atoms with van der Waals surface area (Å²) in [4.78, 5) is 0. The maximum Gasteiger partial charge on any atom is 0.147 e. The predicted molar refractivity (Wildman–Crippen MR) is 74.9 cm³/mol. The summed E-state index contributed by atoms with van der Waals surface area (Å²) in [6.45, 7) is 4.11. The van der Waals surface area contributed by atoms with Gasteiger partial charge in [0.2, 0.25) is 0 Å². The highest BCUT2D eigenvalue weighted by molar-refractivity contribution is 5.02. The van der Waals surface area contributed by atoms with E-state index in [9.17, 15) is 5.11 Å². The number of terminal acetylenes is 1. The van der Waals surface area contributed by atoms with E-state index in [0.717, 1.165) is 38.5 Å². The fourth-order valence-corrected chi connectivity index (χ4v) is 2.63. The molecule has 1 aliphatic rings. The van der Waals surface area contributed by atoms with E-state index < -0.39 is 5.60 Å². The summed E-state index contributed by atoms with van der Waals surface area (Å²) in [5, 5.41) is 10.4. The molecule has 0 aliphatic heterocycles. The molecule has 2 atom stereocenters. The monoisotopic (exact) mass is 248 g/mol. The van der Waals surface area contributed by atoms with Gasteiger partial charge in [-0.2, -0.15) is 0 Å². The summed E-state index contributed by atoms with van der Waals surface area (Å²) >= 11 is 0. The van der Waals surface area contributed by atoms with Crippen molar-refractivity contribution in [2.75, 3.05) is 6.61 Å². The van der Waals surface area contributed by atoms with Crippen molar-refractivity contribution in [1.82, 2.24) is 0 Å². The highest BCUT2D eigenvalue weighted by atomic mass is 16.5. The molecule has 0 heterocycles. The molecule has 0 spiro atoms. The second-order valence-corrected chi connectivity index (χ2v) is 4.96. The molecule has 100 valence electrons. The van der Waals surface area contributed by atoms with E-state index in [4.69, 9.17) is 11.2 Å². The first-order valence-electron chi connectivity index (χ1n) is 6.79. The van der Waals surface area contributed by atoms with Crippen LogP contribution >= 0.6 is 0 Å². The van der Waals surface area contributed by atoms with Crippen molar-refractivity contribution < 1.29 is 9.84 Å². The number of aliphatic hydroxyl groups is 1. The Balaban J connectivity index is 2.23. The van der Waals surface area contributed by atoms with E-state index in [-0.39, 0.29) is 0 Å². The van der Waals surface area contributed by atoms with E-state index in [1.807, 2.05) is 6.08 Å². The second kappa shape index (κ2) is 8.00. The van der Waals surface area contributed by atoms with E-state index >= 15 is 0 Å². The van der Waals surface area contributed by atoms with Gasteiger partial charge in [0.15, 0.2) is 0 Å². The largest absolute Gasteiger partial charge is 0.489 e. The standard InChI is InChI=1S/C16H24O2/c1-3-13-18-14-9-5-6-10-15-11-7-8-12-16(15,17)4-2/h1,4,9,14-15,17H,2,5-8,10-13H2/b14-9+. The molecule has 2 heteroatoms. The molecule has 1 N–H and O–H groups in total. The van der Waals surface area contributed by atoms with Crippen molar-refractivity contribution >= 4 is 0 Å². The molecule has 2 nitrogen and oxygen atoms in total. The summed E-state index contributed by atoms with van der Waals surface area (Å²) in [5.74, 6) is 2.78. The van der Waals surface area contributed by atoms with E-state index in [1.165, 1.54) is 6.42 Å². The highest BCUT2D eigenvalue weighted by Gasteiger charge is 2.35. The summed E-state index contributed by atoms with van der Waals surface area (Å²) in [7, 11) is 0. The normalized spacial score (nSPS) is 27.9. The van der Waals surface area contributed by atoms with Gasteiger partial charge in [-0.05, 0) is 44.1 Å². The van der Waals surface area contributed by atoms with Crippen molar-refractivity contribution in [1.29, 1.82) is 0 Å². The first-order chi connectivity index (χ1) is 8.73. The van der Waals surface area contributed by atoms with Gasteiger partial charge < -0.3 is 9.84 Å². The van der Waals surface area contributed by atoms with Crippen LogP contribution in [0.3, 0.4) is 0 Å². The average Bonchev–Trinajstić information content (AvgIpc) is 2.40. The van der Waals surface area contributed by atoms with Crippen LogP contribution in [0, 0.1) is 18.3 Å². The van der Waals surface area contributed by atoms with Gasteiger partial charge in [0.1, 0.15) is 6.61 Å². The lowest BCUT2D eigenvalue weighted by Gasteiger charge is -2.37. The Labute approximate surface area is 111 Å². The van der Waals surface area contributed by atoms with Gasteiger partial charge in [0.05, 0.1) is 11.9 Å².